The molecule has 0 radical (unpaired) electrons. The average molecular weight is 311 g/mol. The van der Waals surface area contributed by atoms with E-state index in [0.29, 0.717) is 17.8 Å². The van der Waals surface area contributed by atoms with Gasteiger partial charge >= 0.3 is 0 Å². The number of fused-ring (bicyclic) bond motifs is 1. The summed E-state index contributed by atoms with van der Waals surface area (Å²) >= 11 is 12.2. The van der Waals surface area contributed by atoms with Crippen LogP contribution in [-0.4, -0.2) is 9.55 Å². The summed E-state index contributed by atoms with van der Waals surface area (Å²) in [5.74, 6) is 2.91. The summed E-state index contributed by atoms with van der Waals surface area (Å²) < 4.78 is 2.36. The largest absolute Gasteiger partial charge is 0.324 e. The number of alkyl halides is 1. The van der Waals surface area contributed by atoms with Gasteiger partial charge in [0, 0.05) is 11.1 Å². The van der Waals surface area contributed by atoms with Gasteiger partial charge in [-0.05, 0) is 42.9 Å². The maximum Gasteiger partial charge on any atom is 0.125 e. The van der Waals surface area contributed by atoms with Crippen molar-refractivity contribution in [3.05, 3.63) is 29.0 Å². The Morgan fingerprint density at radius 2 is 2.15 bits per heavy atom. The van der Waals surface area contributed by atoms with Crippen LogP contribution in [0.1, 0.15) is 45.0 Å². The van der Waals surface area contributed by atoms with Crippen molar-refractivity contribution in [1.29, 1.82) is 0 Å². The summed E-state index contributed by atoms with van der Waals surface area (Å²) in [4.78, 5) is 4.67. The van der Waals surface area contributed by atoms with Crippen LogP contribution in [0.2, 0.25) is 5.02 Å². The van der Waals surface area contributed by atoms with E-state index < -0.39 is 0 Å². The molecule has 0 N–H and O–H groups in total. The molecule has 1 aliphatic carbocycles. The molecule has 0 amide bonds. The van der Waals surface area contributed by atoms with E-state index in [1.807, 2.05) is 12.1 Å². The first-order valence-electron chi connectivity index (χ1n) is 7.38. The summed E-state index contributed by atoms with van der Waals surface area (Å²) in [6.45, 7) is 4.66. The molecule has 0 saturated heterocycles. The molecular formula is C16H20Cl2N2. The van der Waals surface area contributed by atoms with Crippen LogP contribution in [-0.2, 0) is 5.88 Å². The monoisotopic (exact) mass is 310 g/mol. The van der Waals surface area contributed by atoms with E-state index in [9.17, 15) is 0 Å². The molecule has 4 heteroatoms. The number of hydrogen-bond donors (Lipinski definition) is 0. The van der Waals surface area contributed by atoms with Crippen molar-refractivity contribution in [3.8, 4) is 0 Å². The lowest BCUT2D eigenvalue weighted by Gasteiger charge is -2.23. The molecule has 3 atom stereocenters. The summed E-state index contributed by atoms with van der Waals surface area (Å²) in [6, 6.07) is 6.46. The minimum atomic E-state index is 0.451. The summed E-state index contributed by atoms with van der Waals surface area (Å²) in [5.41, 5.74) is 2.12. The Kier molecular flexibility index (Phi) is 3.96. The normalized spacial score (nSPS) is 26.5. The van der Waals surface area contributed by atoms with Crippen molar-refractivity contribution < 1.29 is 0 Å². The quantitative estimate of drug-likeness (QED) is 0.691. The predicted molar refractivity (Wildman–Crippen MR) is 85.5 cm³/mol. The molecule has 1 aliphatic rings. The lowest BCUT2D eigenvalue weighted by Crippen LogP contribution is -2.17. The topological polar surface area (TPSA) is 17.8 Å². The van der Waals surface area contributed by atoms with E-state index in [2.05, 4.69) is 29.5 Å². The molecule has 1 fully saturated rings. The van der Waals surface area contributed by atoms with Crippen LogP contribution in [0.3, 0.4) is 0 Å². The van der Waals surface area contributed by atoms with E-state index >= 15 is 0 Å². The van der Waals surface area contributed by atoms with Crippen LogP contribution in [0.5, 0.6) is 0 Å². The third kappa shape index (κ3) is 2.23. The van der Waals surface area contributed by atoms with Gasteiger partial charge in [-0.25, -0.2) is 4.98 Å². The predicted octanol–water partition coefficient (Wildman–Crippen LogP) is 5.43. The number of aromatic nitrogens is 2. The number of benzene rings is 1. The zero-order valence-corrected chi connectivity index (χ0v) is 13.5. The van der Waals surface area contributed by atoms with Gasteiger partial charge in [0.15, 0.2) is 0 Å². The Labute approximate surface area is 130 Å². The van der Waals surface area contributed by atoms with Crippen molar-refractivity contribution in [3.63, 3.8) is 0 Å². The molecule has 3 rings (SSSR count). The van der Waals surface area contributed by atoms with Gasteiger partial charge in [-0.2, -0.15) is 0 Å². The van der Waals surface area contributed by atoms with Gasteiger partial charge in [0.2, 0.25) is 0 Å². The van der Waals surface area contributed by atoms with Crippen molar-refractivity contribution in [1.82, 2.24) is 9.55 Å². The van der Waals surface area contributed by atoms with Crippen LogP contribution < -0.4 is 0 Å². The molecule has 2 aromatic rings. The van der Waals surface area contributed by atoms with Crippen LogP contribution in [0, 0.1) is 11.8 Å². The summed E-state index contributed by atoms with van der Waals surface area (Å²) in [6.07, 6.45) is 3.78. The second kappa shape index (κ2) is 5.57. The smallest absolute Gasteiger partial charge is 0.125 e. The maximum absolute atomic E-state index is 6.12. The van der Waals surface area contributed by atoms with Gasteiger partial charge in [0.05, 0.1) is 16.9 Å². The third-order valence-corrected chi connectivity index (χ3v) is 5.36. The van der Waals surface area contributed by atoms with Gasteiger partial charge in [-0.3, -0.25) is 0 Å². The number of halogens is 2. The molecule has 1 saturated carbocycles. The first-order valence-corrected chi connectivity index (χ1v) is 8.29. The molecule has 0 aliphatic heterocycles. The highest BCUT2D eigenvalue weighted by Crippen LogP contribution is 2.43. The maximum atomic E-state index is 6.12. The van der Waals surface area contributed by atoms with Crippen molar-refractivity contribution in [2.24, 2.45) is 11.8 Å². The fraction of sp³-hybridized carbons (Fsp3) is 0.562. The van der Waals surface area contributed by atoms with Gasteiger partial charge in [0.1, 0.15) is 5.82 Å². The fourth-order valence-corrected chi connectivity index (χ4v) is 4.11. The number of hydrogen-bond acceptors (Lipinski definition) is 1. The second-order valence-electron chi connectivity index (χ2n) is 5.84. The Balaban J connectivity index is 2.10. The van der Waals surface area contributed by atoms with E-state index in [1.54, 1.807) is 0 Å². The Bertz CT molecular complexity index is 620. The van der Waals surface area contributed by atoms with Crippen LogP contribution in [0.25, 0.3) is 11.0 Å². The second-order valence-corrected chi connectivity index (χ2v) is 6.54. The first-order chi connectivity index (χ1) is 9.65. The van der Waals surface area contributed by atoms with Crippen LogP contribution in [0.15, 0.2) is 18.2 Å². The van der Waals surface area contributed by atoms with E-state index in [0.717, 1.165) is 22.3 Å². The van der Waals surface area contributed by atoms with E-state index in [1.165, 1.54) is 24.8 Å². The molecule has 20 heavy (non-hydrogen) atoms. The minimum Gasteiger partial charge on any atom is -0.324 e. The van der Waals surface area contributed by atoms with Crippen molar-refractivity contribution >= 4 is 34.2 Å². The van der Waals surface area contributed by atoms with E-state index in [-0.39, 0.29) is 0 Å². The number of imidazole rings is 1. The molecular weight excluding hydrogens is 291 g/mol. The van der Waals surface area contributed by atoms with Crippen LogP contribution in [0.4, 0.5) is 0 Å². The molecule has 0 bridgehead atoms. The van der Waals surface area contributed by atoms with Gasteiger partial charge in [-0.15, -0.1) is 11.6 Å². The molecule has 1 aromatic carbocycles. The highest BCUT2D eigenvalue weighted by atomic mass is 35.5. The van der Waals surface area contributed by atoms with Crippen molar-refractivity contribution in [2.75, 3.05) is 0 Å². The highest BCUT2D eigenvalue weighted by molar-refractivity contribution is 6.31. The Morgan fingerprint density at radius 3 is 2.80 bits per heavy atom. The molecule has 1 aromatic heterocycles. The minimum absolute atomic E-state index is 0.451. The zero-order valence-electron chi connectivity index (χ0n) is 11.9. The summed E-state index contributed by atoms with van der Waals surface area (Å²) in [7, 11) is 0. The summed E-state index contributed by atoms with van der Waals surface area (Å²) in [5, 5.41) is 0.731. The van der Waals surface area contributed by atoms with Crippen LogP contribution >= 0.6 is 23.2 Å². The fourth-order valence-electron chi connectivity index (χ4n) is 3.75. The number of nitrogens with zero attached hydrogens (tertiary/aromatic N) is 2. The molecule has 0 spiro atoms. The molecule has 2 nitrogen and oxygen atoms in total. The molecule has 108 valence electrons. The Morgan fingerprint density at radius 1 is 1.35 bits per heavy atom. The van der Waals surface area contributed by atoms with E-state index in [4.69, 9.17) is 23.2 Å². The van der Waals surface area contributed by atoms with Crippen molar-refractivity contribution in [2.45, 2.75) is 45.0 Å². The lowest BCUT2D eigenvalue weighted by atomic mass is 9.93. The first kappa shape index (κ1) is 14.2. The SMILES string of the molecule is CCC1CCC(n2c(CCl)nc3cc(Cl)ccc32)C1C. The standard InChI is InChI=1S/C16H20Cl2N2/c1-3-11-4-6-14(10(11)2)20-15-7-5-12(18)8-13(15)19-16(20)9-17/h5,7-8,10-11,14H,3-4,6,9H2,1-2H3. The molecule has 1 heterocycles. The third-order valence-electron chi connectivity index (χ3n) is 4.88. The Hall–Kier alpha value is -0.730. The number of rotatable bonds is 3. The van der Waals surface area contributed by atoms with Gasteiger partial charge in [0.25, 0.3) is 0 Å². The van der Waals surface area contributed by atoms with Gasteiger partial charge in [-0.1, -0.05) is 31.9 Å². The highest BCUT2D eigenvalue weighted by Gasteiger charge is 2.34. The lowest BCUT2D eigenvalue weighted by molar-refractivity contribution is 0.330. The average Bonchev–Trinajstić information content (AvgIpc) is 2.97. The van der Waals surface area contributed by atoms with Gasteiger partial charge < -0.3 is 4.57 Å². The zero-order chi connectivity index (χ0) is 14.3. The molecule has 3 unspecified atom stereocenters.